The molecule has 0 radical (unpaired) electrons. The normalized spacial score (nSPS) is 18.1. The third-order valence-corrected chi connectivity index (χ3v) is 5.12. The molecule has 1 heterocycles. The molecule has 0 aliphatic carbocycles. The Labute approximate surface area is 163 Å². The van der Waals surface area contributed by atoms with Gasteiger partial charge in [-0.1, -0.05) is 58.0 Å². The van der Waals surface area contributed by atoms with Crippen LogP contribution in [0.5, 0.6) is 0 Å². The Morgan fingerprint density at radius 3 is 2.54 bits per heavy atom. The van der Waals surface area contributed by atoms with Gasteiger partial charge >= 0.3 is 0 Å². The minimum absolute atomic E-state index is 0.0883. The van der Waals surface area contributed by atoms with Crippen molar-refractivity contribution in [3.63, 3.8) is 0 Å². The van der Waals surface area contributed by atoms with Crippen LogP contribution in [0.15, 0.2) is 69.3 Å². The molecule has 2 aromatic carbocycles. The first-order chi connectivity index (χ1) is 12.5. The van der Waals surface area contributed by atoms with Gasteiger partial charge in [0.25, 0.3) is 0 Å². The molecule has 2 amide bonds. The van der Waals surface area contributed by atoms with E-state index in [1.807, 2.05) is 30.3 Å². The summed E-state index contributed by atoms with van der Waals surface area (Å²) in [5.74, 6) is -0.536. The highest BCUT2D eigenvalue weighted by Crippen LogP contribution is 2.29. The van der Waals surface area contributed by atoms with Crippen LogP contribution in [-0.4, -0.2) is 28.4 Å². The fourth-order valence-corrected chi connectivity index (χ4v) is 3.50. The van der Waals surface area contributed by atoms with E-state index in [4.69, 9.17) is 5.73 Å². The van der Waals surface area contributed by atoms with Gasteiger partial charge < -0.3 is 5.73 Å². The van der Waals surface area contributed by atoms with E-state index in [-0.39, 0.29) is 23.4 Å². The number of anilines is 1. The van der Waals surface area contributed by atoms with Crippen LogP contribution in [0.4, 0.5) is 5.69 Å². The van der Waals surface area contributed by atoms with Crippen molar-refractivity contribution in [3.8, 4) is 0 Å². The second-order valence-electron chi connectivity index (χ2n) is 5.45. The van der Waals surface area contributed by atoms with Gasteiger partial charge in [0.05, 0.1) is 11.9 Å². The molecule has 1 saturated heterocycles. The molecule has 1 atom stereocenters. The van der Waals surface area contributed by atoms with Gasteiger partial charge in [0.15, 0.2) is 5.17 Å². The maximum atomic E-state index is 12.5. The van der Waals surface area contributed by atoms with Gasteiger partial charge in [0.2, 0.25) is 11.8 Å². The number of amidine groups is 1. The number of nitrogens with two attached hydrogens (primary N) is 1. The van der Waals surface area contributed by atoms with Crippen LogP contribution >= 0.6 is 27.7 Å². The quantitative estimate of drug-likeness (QED) is 0.349. The minimum Gasteiger partial charge on any atom is -0.377 e. The van der Waals surface area contributed by atoms with E-state index < -0.39 is 5.25 Å². The largest absolute Gasteiger partial charge is 0.377 e. The summed E-state index contributed by atoms with van der Waals surface area (Å²) in [6.45, 7) is 0. The van der Waals surface area contributed by atoms with Crippen molar-refractivity contribution in [2.75, 3.05) is 4.90 Å². The summed E-state index contributed by atoms with van der Waals surface area (Å²) in [6.07, 6.45) is 1.66. The van der Waals surface area contributed by atoms with Crippen LogP contribution in [-0.2, 0) is 9.59 Å². The van der Waals surface area contributed by atoms with Crippen LogP contribution in [0.3, 0.4) is 0 Å². The second-order valence-corrected chi connectivity index (χ2v) is 7.59. The second kappa shape index (κ2) is 8.29. The van der Waals surface area contributed by atoms with Gasteiger partial charge in [-0.3, -0.25) is 9.59 Å². The van der Waals surface area contributed by atoms with Crippen molar-refractivity contribution in [1.82, 2.24) is 0 Å². The monoisotopic (exact) mass is 430 g/mol. The van der Waals surface area contributed by atoms with Gasteiger partial charge in [0, 0.05) is 10.9 Å². The average molecular weight is 431 g/mol. The van der Waals surface area contributed by atoms with E-state index in [0.717, 1.165) is 21.8 Å². The number of hydrogen-bond acceptors (Lipinski definition) is 5. The number of rotatable bonds is 4. The lowest BCUT2D eigenvalue weighted by atomic mass is 10.2. The van der Waals surface area contributed by atoms with Gasteiger partial charge in [-0.15, -0.1) is 5.10 Å². The van der Waals surface area contributed by atoms with Crippen LogP contribution in [0.1, 0.15) is 12.0 Å². The van der Waals surface area contributed by atoms with E-state index in [1.54, 1.807) is 30.5 Å². The highest BCUT2D eigenvalue weighted by Gasteiger charge is 2.40. The number of amides is 2. The highest BCUT2D eigenvalue weighted by atomic mass is 79.9. The zero-order chi connectivity index (χ0) is 18.5. The molecule has 6 nitrogen and oxygen atoms in total. The molecule has 1 fully saturated rings. The van der Waals surface area contributed by atoms with E-state index in [2.05, 4.69) is 26.1 Å². The summed E-state index contributed by atoms with van der Waals surface area (Å²) >= 11 is 4.41. The Morgan fingerprint density at radius 2 is 1.85 bits per heavy atom. The number of imide groups is 1. The molecule has 3 rings (SSSR count). The van der Waals surface area contributed by atoms with Crippen LogP contribution in [0.25, 0.3) is 0 Å². The molecule has 0 unspecified atom stereocenters. The number of thioether (sulfide) groups is 1. The van der Waals surface area contributed by atoms with E-state index >= 15 is 0 Å². The number of nitrogens with zero attached hydrogens (tertiary/aromatic N) is 3. The first-order valence-corrected chi connectivity index (χ1v) is 9.42. The maximum Gasteiger partial charge on any atom is 0.247 e. The molecule has 8 heteroatoms. The number of benzene rings is 2. The maximum absolute atomic E-state index is 12.5. The van der Waals surface area contributed by atoms with Gasteiger partial charge in [0.1, 0.15) is 5.25 Å². The van der Waals surface area contributed by atoms with Crippen LogP contribution in [0.2, 0.25) is 0 Å². The zero-order valence-corrected chi connectivity index (χ0v) is 16.0. The molecular weight excluding hydrogens is 416 g/mol. The number of halogens is 1. The fraction of sp³-hybridized carbons (Fsp3) is 0.111. The summed E-state index contributed by atoms with van der Waals surface area (Å²) in [6, 6.07) is 16.4. The lowest BCUT2D eigenvalue weighted by Gasteiger charge is -2.14. The standard InChI is InChI=1S/C18H15BrN4O2S/c19-13-8-6-12(7-9-13)11-21-22-18(20)26-15-10-16(24)23(17(15)25)14-4-2-1-3-5-14/h1-9,11,15H,10H2,(H2,20,22)/b21-11-/t15-/m1/s1. The van der Waals surface area contributed by atoms with Gasteiger partial charge in [-0.05, 0) is 29.8 Å². The third kappa shape index (κ3) is 4.39. The highest BCUT2D eigenvalue weighted by molar-refractivity contribution is 9.10. The predicted octanol–water partition coefficient (Wildman–Crippen LogP) is 3.16. The lowest BCUT2D eigenvalue weighted by Crippen LogP contribution is -2.31. The van der Waals surface area contributed by atoms with Crippen molar-refractivity contribution in [2.24, 2.45) is 15.9 Å². The summed E-state index contributed by atoms with van der Waals surface area (Å²) in [7, 11) is 0. The Bertz CT molecular complexity index is 869. The first kappa shape index (κ1) is 18.3. The van der Waals surface area contributed by atoms with Crippen molar-refractivity contribution >= 4 is 56.6 Å². The van der Waals surface area contributed by atoms with Crippen LogP contribution < -0.4 is 10.6 Å². The number of hydrogen-bond donors (Lipinski definition) is 1. The Hall–Kier alpha value is -2.45. The molecule has 2 N–H and O–H groups in total. The number of para-hydroxylation sites is 1. The molecule has 0 saturated carbocycles. The summed E-state index contributed by atoms with van der Waals surface area (Å²) in [5, 5.41) is 7.37. The zero-order valence-electron chi connectivity index (χ0n) is 13.6. The van der Waals surface area contributed by atoms with Gasteiger partial charge in [-0.2, -0.15) is 5.10 Å². The Kier molecular flexibility index (Phi) is 5.85. The summed E-state index contributed by atoms with van der Waals surface area (Å²) < 4.78 is 0.973. The summed E-state index contributed by atoms with van der Waals surface area (Å²) in [5.41, 5.74) is 7.28. The molecule has 2 aromatic rings. The molecule has 0 aromatic heterocycles. The molecule has 132 valence electrons. The third-order valence-electron chi connectivity index (χ3n) is 3.62. The fourth-order valence-electron chi connectivity index (χ4n) is 2.42. The predicted molar refractivity (Wildman–Crippen MR) is 108 cm³/mol. The van der Waals surface area contributed by atoms with E-state index in [0.29, 0.717) is 5.69 Å². The van der Waals surface area contributed by atoms with Gasteiger partial charge in [-0.25, -0.2) is 4.90 Å². The molecule has 0 bridgehead atoms. The first-order valence-electron chi connectivity index (χ1n) is 7.75. The lowest BCUT2D eigenvalue weighted by molar-refractivity contribution is -0.121. The number of carbonyl (C=O) groups is 2. The molecule has 0 spiro atoms. The van der Waals surface area contributed by atoms with Crippen LogP contribution in [0, 0.1) is 0 Å². The van der Waals surface area contributed by atoms with Crippen molar-refractivity contribution < 1.29 is 9.59 Å². The Morgan fingerprint density at radius 1 is 1.15 bits per heavy atom. The van der Waals surface area contributed by atoms with Crippen molar-refractivity contribution in [3.05, 3.63) is 64.6 Å². The number of carbonyl (C=O) groups excluding carboxylic acids is 2. The van der Waals surface area contributed by atoms with E-state index in [1.165, 1.54) is 4.90 Å². The minimum atomic E-state index is -0.589. The van der Waals surface area contributed by atoms with Crippen molar-refractivity contribution in [1.29, 1.82) is 0 Å². The molecule has 26 heavy (non-hydrogen) atoms. The Balaban J connectivity index is 1.64. The molecular formula is C18H15BrN4O2S. The molecule has 1 aliphatic heterocycles. The average Bonchev–Trinajstić information content (AvgIpc) is 2.91. The van der Waals surface area contributed by atoms with Crippen molar-refractivity contribution in [2.45, 2.75) is 11.7 Å². The topological polar surface area (TPSA) is 88.1 Å². The molecule has 1 aliphatic rings. The smallest absolute Gasteiger partial charge is 0.247 e. The summed E-state index contributed by atoms with van der Waals surface area (Å²) in [4.78, 5) is 25.9. The SMILES string of the molecule is NC(=N/N=C\c1ccc(Br)cc1)S[C@@H]1CC(=O)N(c2ccccc2)C1=O. The van der Waals surface area contributed by atoms with E-state index in [9.17, 15) is 9.59 Å².